The van der Waals surface area contributed by atoms with Gasteiger partial charge in [-0.2, -0.15) is 0 Å². The average Bonchev–Trinajstić information content (AvgIpc) is 2.51. The number of hydrogen-bond donors (Lipinski definition) is 2. The molecule has 24 heavy (non-hydrogen) atoms. The number of amides is 1. The van der Waals surface area contributed by atoms with Crippen LogP contribution in [0.4, 0.5) is 0 Å². The fourth-order valence-electron chi connectivity index (χ4n) is 2.37. The monoisotopic (exact) mass is 346 g/mol. The topological polar surface area (TPSA) is 79.0 Å². The molecule has 0 fully saturated rings. The molecule has 1 aromatic carbocycles. The molecule has 0 bridgehead atoms. The van der Waals surface area contributed by atoms with E-state index in [9.17, 15) is 13.8 Å². The number of hydrogen-bond acceptors (Lipinski definition) is 3. The Morgan fingerprint density at radius 2 is 1.88 bits per heavy atom. The zero-order chi connectivity index (χ0) is 17.7. The van der Waals surface area contributed by atoms with E-state index in [-0.39, 0.29) is 11.5 Å². The van der Waals surface area contributed by atoms with Crippen LogP contribution in [0, 0.1) is 5.92 Å². The predicted molar refractivity (Wildman–Crippen MR) is 95.5 cm³/mol. The Morgan fingerprint density at radius 3 is 2.46 bits per heavy atom. The second-order valence-electron chi connectivity index (χ2n) is 6.14. The number of H-pyrrole nitrogens is 1. The van der Waals surface area contributed by atoms with Gasteiger partial charge >= 0.3 is 0 Å². The summed E-state index contributed by atoms with van der Waals surface area (Å²) in [5, 5.41) is 2.80. The molecule has 1 aromatic heterocycles. The minimum Gasteiger partial charge on any atom is -0.348 e. The third-order valence-corrected chi connectivity index (χ3v) is 4.43. The summed E-state index contributed by atoms with van der Waals surface area (Å²) >= 11 is 0. The maximum Gasteiger partial charge on any atom is 0.251 e. The van der Waals surface area contributed by atoms with E-state index in [2.05, 4.69) is 24.1 Å². The van der Waals surface area contributed by atoms with E-state index in [1.807, 2.05) is 12.1 Å². The van der Waals surface area contributed by atoms with Crippen molar-refractivity contribution in [3.05, 3.63) is 63.6 Å². The van der Waals surface area contributed by atoms with E-state index in [1.54, 1.807) is 24.5 Å². The highest BCUT2D eigenvalue weighted by molar-refractivity contribution is 7.84. The van der Waals surface area contributed by atoms with Crippen LogP contribution in [0.1, 0.15) is 35.5 Å². The first-order valence-electron chi connectivity index (χ1n) is 7.79. The molecule has 0 aliphatic carbocycles. The van der Waals surface area contributed by atoms with Crippen LogP contribution in [0.2, 0.25) is 0 Å². The lowest BCUT2D eigenvalue weighted by Crippen LogP contribution is -2.25. The van der Waals surface area contributed by atoms with Gasteiger partial charge in [-0.05, 0) is 36.1 Å². The van der Waals surface area contributed by atoms with Gasteiger partial charge in [0, 0.05) is 45.8 Å². The molecular weight excluding hydrogens is 324 g/mol. The van der Waals surface area contributed by atoms with Gasteiger partial charge in [0.15, 0.2) is 0 Å². The van der Waals surface area contributed by atoms with Crippen LogP contribution in [0.5, 0.6) is 0 Å². The quantitative estimate of drug-likeness (QED) is 0.842. The third-order valence-electron chi connectivity index (χ3n) is 3.50. The minimum atomic E-state index is -1.02. The average molecular weight is 346 g/mol. The normalized spacial score (nSPS) is 12.2. The molecule has 0 radical (unpaired) electrons. The van der Waals surface area contributed by atoms with Gasteiger partial charge in [0.2, 0.25) is 5.56 Å². The predicted octanol–water partition coefficient (Wildman–Crippen LogP) is 2.24. The SMILES string of the molecule is CC(C)Cc1cc(C(=O)NCc2ccc([S@](C)=O)cc2)cc(=O)[nH]1. The second kappa shape index (κ2) is 8.06. The molecule has 0 saturated carbocycles. The molecule has 1 atom stereocenters. The number of pyridine rings is 1. The first kappa shape index (κ1) is 18.1. The Kier molecular flexibility index (Phi) is 6.09. The standard InChI is InChI=1S/C18H22N2O3S/c1-12(2)8-15-9-14(10-17(21)20-15)18(22)19-11-13-4-6-16(7-5-13)24(3)23/h4-7,9-10,12H,8,11H2,1-3H3,(H,19,22)(H,20,21)/t24-/m0/s1. The van der Waals surface area contributed by atoms with Crippen molar-refractivity contribution in [1.29, 1.82) is 0 Å². The van der Waals surface area contributed by atoms with E-state index in [4.69, 9.17) is 0 Å². The van der Waals surface area contributed by atoms with E-state index in [1.165, 1.54) is 6.07 Å². The fourth-order valence-corrected chi connectivity index (χ4v) is 2.88. The molecule has 0 unspecified atom stereocenters. The molecule has 0 aliphatic rings. The van der Waals surface area contributed by atoms with Crippen LogP contribution in [0.3, 0.4) is 0 Å². The molecule has 5 nitrogen and oxygen atoms in total. The number of carbonyl (C=O) groups excluding carboxylic acids is 1. The molecule has 2 aromatic rings. The maximum absolute atomic E-state index is 12.3. The summed E-state index contributed by atoms with van der Waals surface area (Å²) in [6.07, 6.45) is 2.34. The van der Waals surface area contributed by atoms with Crippen molar-refractivity contribution in [2.24, 2.45) is 5.92 Å². The minimum absolute atomic E-state index is 0.270. The van der Waals surface area contributed by atoms with Crippen LogP contribution in [0.15, 0.2) is 46.1 Å². The summed E-state index contributed by atoms with van der Waals surface area (Å²) < 4.78 is 11.4. The van der Waals surface area contributed by atoms with Crippen molar-refractivity contribution in [3.63, 3.8) is 0 Å². The zero-order valence-corrected chi connectivity index (χ0v) is 14.9. The van der Waals surface area contributed by atoms with Gasteiger partial charge in [0.1, 0.15) is 0 Å². The van der Waals surface area contributed by atoms with Crippen LogP contribution in [-0.4, -0.2) is 21.4 Å². The smallest absolute Gasteiger partial charge is 0.251 e. The Labute approximate surface area is 144 Å². The summed E-state index contributed by atoms with van der Waals surface area (Å²) in [6, 6.07) is 10.3. The summed E-state index contributed by atoms with van der Waals surface area (Å²) in [5.74, 6) is 0.107. The van der Waals surface area contributed by atoms with Gasteiger partial charge in [-0.25, -0.2) is 0 Å². The Hall–Kier alpha value is -2.21. The van der Waals surface area contributed by atoms with Gasteiger partial charge in [-0.1, -0.05) is 26.0 Å². The molecule has 2 N–H and O–H groups in total. The lowest BCUT2D eigenvalue weighted by Gasteiger charge is -2.09. The van der Waals surface area contributed by atoms with Crippen LogP contribution in [-0.2, 0) is 23.8 Å². The van der Waals surface area contributed by atoms with Crippen LogP contribution in [0.25, 0.3) is 0 Å². The lowest BCUT2D eigenvalue weighted by atomic mass is 10.1. The van der Waals surface area contributed by atoms with E-state index >= 15 is 0 Å². The highest BCUT2D eigenvalue weighted by Gasteiger charge is 2.09. The first-order chi connectivity index (χ1) is 11.3. The highest BCUT2D eigenvalue weighted by atomic mass is 32.2. The van der Waals surface area contributed by atoms with Crippen LogP contribution >= 0.6 is 0 Å². The summed E-state index contributed by atoms with van der Waals surface area (Å²) in [7, 11) is -1.02. The van der Waals surface area contributed by atoms with Crippen LogP contribution < -0.4 is 10.9 Å². The largest absolute Gasteiger partial charge is 0.348 e. The number of benzene rings is 1. The van der Waals surface area contributed by atoms with Gasteiger partial charge < -0.3 is 10.3 Å². The van der Waals surface area contributed by atoms with Crippen molar-refractivity contribution >= 4 is 16.7 Å². The van der Waals surface area contributed by atoms with E-state index in [0.717, 1.165) is 16.2 Å². The summed E-state index contributed by atoms with van der Waals surface area (Å²) in [4.78, 5) is 27.5. The molecule has 0 saturated heterocycles. The highest BCUT2D eigenvalue weighted by Crippen LogP contribution is 2.09. The second-order valence-corrected chi connectivity index (χ2v) is 7.52. The van der Waals surface area contributed by atoms with Gasteiger partial charge in [-0.3, -0.25) is 13.8 Å². The molecular formula is C18H22N2O3S. The lowest BCUT2D eigenvalue weighted by molar-refractivity contribution is 0.0950. The Balaban J connectivity index is 2.05. The molecule has 0 aliphatic heterocycles. The molecule has 6 heteroatoms. The molecule has 0 spiro atoms. The first-order valence-corrected chi connectivity index (χ1v) is 9.35. The maximum atomic E-state index is 12.3. The number of aromatic amines is 1. The Bertz CT molecular complexity index is 795. The third kappa shape index (κ3) is 5.16. The van der Waals surface area contributed by atoms with Gasteiger partial charge in [0.05, 0.1) is 0 Å². The van der Waals surface area contributed by atoms with Crippen molar-refractivity contribution in [2.75, 3.05) is 6.26 Å². The summed E-state index contributed by atoms with van der Waals surface area (Å²) in [5.41, 5.74) is 1.76. The van der Waals surface area contributed by atoms with Gasteiger partial charge in [-0.15, -0.1) is 0 Å². The van der Waals surface area contributed by atoms with Crippen molar-refractivity contribution in [1.82, 2.24) is 10.3 Å². The number of carbonyl (C=O) groups is 1. The number of rotatable bonds is 6. The number of nitrogens with one attached hydrogen (secondary N) is 2. The van der Waals surface area contributed by atoms with E-state index in [0.29, 0.717) is 24.4 Å². The van der Waals surface area contributed by atoms with Crippen molar-refractivity contribution < 1.29 is 9.00 Å². The van der Waals surface area contributed by atoms with Crippen molar-refractivity contribution in [3.8, 4) is 0 Å². The number of aromatic nitrogens is 1. The molecule has 1 heterocycles. The Morgan fingerprint density at radius 1 is 1.21 bits per heavy atom. The zero-order valence-electron chi connectivity index (χ0n) is 14.1. The van der Waals surface area contributed by atoms with Gasteiger partial charge in [0.25, 0.3) is 5.91 Å². The fraction of sp³-hybridized carbons (Fsp3) is 0.333. The summed E-state index contributed by atoms with van der Waals surface area (Å²) in [6.45, 7) is 4.46. The van der Waals surface area contributed by atoms with E-state index < -0.39 is 10.8 Å². The molecule has 128 valence electrons. The molecule has 1 amide bonds. The van der Waals surface area contributed by atoms with Crippen molar-refractivity contribution in [2.45, 2.75) is 31.7 Å². The molecule has 2 rings (SSSR count).